The molecule has 138 valence electrons. The molecule has 7 nitrogen and oxygen atoms in total. The molecule has 2 heterocycles. The molecule has 0 fully saturated rings. The average Bonchev–Trinajstić information content (AvgIpc) is 3.38. The molecule has 0 bridgehead atoms. The maximum Gasteiger partial charge on any atom is 0.274 e. The summed E-state index contributed by atoms with van der Waals surface area (Å²) in [4.78, 5) is 13.1. The molecule has 0 unspecified atom stereocenters. The zero-order valence-electron chi connectivity index (χ0n) is 14.5. The average molecular weight is 392 g/mol. The molecular formula is C20H14ClN5O2. The molecular weight excluding hydrogens is 378 g/mol. The van der Waals surface area contributed by atoms with Gasteiger partial charge in [-0.25, -0.2) is 0 Å². The van der Waals surface area contributed by atoms with E-state index in [2.05, 4.69) is 20.8 Å². The van der Waals surface area contributed by atoms with E-state index in [4.69, 9.17) is 16.0 Å². The van der Waals surface area contributed by atoms with E-state index in [1.165, 1.54) is 10.9 Å². The predicted molar refractivity (Wildman–Crippen MR) is 106 cm³/mol. The van der Waals surface area contributed by atoms with Crippen LogP contribution in [0.15, 0.2) is 77.4 Å². The molecule has 8 heteroatoms. The third-order valence-corrected chi connectivity index (χ3v) is 4.10. The Balaban J connectivity index is 1.76. The van der Waals surface area contributed by atoms with Gasteiger partial charge in [0, 0.05) is 22.3 Å². The van der Waals surface area contributed by atoms with Crippen molar-refractivity contribution < 1.29 is 9.21 Å². The number of rotatable bonds is 5. The van der Waals surface area contributed by atoms with Crippen LogP contribution in [0.5, 0.6) is 0 Å². The van der Waals surface area contributed by atoms with Crippen LogP contribution < -0.4 is 5.32 Å². The molecule has 0 radical (unpaired) electrons. The second-order valence-corrected chi connectivity index (χ2v) is 6.23. The summed E-state index contributed by atoms with van der Waals surface area (Å²) in [6, 6.07) is 19.7. The molecule has 4 rings (SSSR count). The lowest BCUT2D eigenvalue weighted by molar-refractivity contribution is -0.111. The van der Waals surface area contributed by atoms with E-state index in [-0.39, 0.29) is 5.70 Å². The number of aromatic nitrogens is 4. The third kappa shape index (κ3) is 3.84. The Hall–Kier alpha value is -3.71. The highest BCUT2D eigenvalue weighted by molar-refractivity contribution is 6.31. The van der Waals surface area contributed by atoms with Crippen molar-refractivity contribution in [3.63, 3.8) is 0 Å². The van der Waals surface area contributed by atoms with Crippen LogP contribution in [-0.2, 0) is 4.79 Å². The van der Waals surface area contributed by atoms with Crippen molar-refractivity contribution >= 4 is 35.0 Å². The second kappa shape index (κ2) is 7.89. The lowest BCUT2D eigenvalue weighted by Crippen LogP contribution is -2.19. The molecule has 1 amide bonds. The first-order valence-corrected chi connectivity index (χ1v) is 8.75. The fraction of sp³-hybridized carbons (Fsp3) is 0. The van der Waals surface area contributed by atoms with Crippen LogP contribution in [0.1, 0.15) is 5.76 Å². The van der Waals surface area contributed by atoms with Gasteiger partial charge in [0.2, 0.25) is 0 Å². The van der Waals surface area contributed by atoms with Crippen molar-refractivity contribution in [2.24, 2.45) is 0 Å². The number of tetrazole rings is 1. The minimum atomic E-state index is -0.414. The Labute approximate surface area is 165 Å². The van der Waals surface area contributed by atoms with Gasteiger partial charge in [0.1, 0.15) is 11.5 Å². The number of benzene rings is 2. The summed E-state index contributed by atoms with van der Waals surface area (Å²) in [6.45, 7) is 0. The number of hydrogen-bond donors (Lipinski definition) is 1. The smallest absolute Gasteiger partial charge is 0.274 e. The van der Waals surface area contributed by atoms with Crippen LogP contribution in [0.25, 0.3) is 23.2 Å². The lowest BCUT2D eigenvalue weighted by Gasteiger charge is -2.10. The van der Waals surface area contributed by atoms with Crippen LogP contribution >= 0.6 is 11.6 Å². The first kappa shape index (κ1) is 17.7. The quantitative estimate of drug-likeness (QED) is 0.515. The normalized spacial score (nSPS) is 11.4. The zero-order valence-corrected chi connectivity index (χ0v) is 15.2. The minimum Gasteiger partial charge on any atom is -0.465 e. The number of furan rings is 1. The third-order valence-electron chi connectivity index (χ3n) is 3.87. The van der Waals surface area contributed by atoms with Crippen LogP contribution in [0, 0.1) is 0 Å². The van der Waals surface area contributed by atoms with Gasteiger partial charge in [-0.05, 0) is 40.8 Å². The molecule has 28 heavy (non-hydrogen) atoms. The number of nitrogens with zero attached hydrogens (tertiary/aromatic N) is 4. The molecule has 0 atom stereocenters. The molecule has 0 aliphatic rings. The summed E-state index contributed by atoms with van der Waals surface area (Å²) in [7, 11) is 0. The molecule has 2 aromatic carbocycles. The summed E-state index contributed by atoms with van der Waals surface area (Å²) in [5, 5.41) is 15.2. The van der Waals surface area contributed by atoms with E-state index in [1.807, 2.05) is 30.3 Å². The van der Waals surface area contributed by atoms with Crippen LogP contribution in [0.3, 0.4) is 0 Å². The van der Waals surface area contributed by atoms with Crippen molar-refractivity contribution in [3.8, 4) is 11.4 Å². The topological polar surface area (TPSA) is 85.8 Å². The Kier molecular flexibility index (Phi) is 4.99. The van der Waals surface area contributed by atoms with Crippen molar-refractivity contribution in [1.82, 2.24) is 20.2 Å². The number of nitrogens with one attached hydrogen (secondary N) is 1. The first-order chi connectivity index (χ1) is 13.7. The number of halogens is 1. The summed E-state index contributed by atoms with van der Waals surface area (Å²) >= 11 is 6.01. The number of carbonyl (C=O) groups excluding carboxylic acids is 1. The van der Waals surface area contributed by atoms with Gasteiger partial charge in [-0.1, -0.05) is 48.0 Å². The zero-order chi connectivity index (χ0) is 19.3. The van der Waals surface area contributed by atoms with E-state index >= 15 is 0 Å². The highest BCUT2D eigenvalue weighted by atomic mass is 35.5. The number of carbonyl (C=O) groups is 1. The van der Waals surface area contributed by atoms with Crippen molar-refractivity contribution in [2.75, 3.05) is 5.32 Å². The van der Waals surface area contributed by atoms with Crippen LogP contribution in [-0.4, -0.2) is 26.1 Å². The summed E-state index contributed by atoms with van der Waals surface area (Å²) in [6.07, 6.45) is 3.10. The molecule has 1 N–H and O–H groups in total. The predicted octanol–water partition coefficient (Wildman–Crippen LogP) is 4.22. The van der Waals surface area contributed by atoms with Gasteiger partial charge in [-0.15, -0.1) is 5.10 Å². The summed E-state index contributed by atoms with van der Waals surface area (Å²) in [5.41, 5.74) is 1.52. The molecule has 2 aromatic heterocycles. The van der Waals surface area contributed by atoms with E-state index < -0.39 is 5.91 Å². The van der Waals surface area contributed by atoms with Crippen LogP contribution in [0.2, 0.25) is 5.02 Å². The van der Waals surface area contributed by atoms with Crippen molar-refractivity contribution in [3.05, 3.63) is 83.8 Å². The molecule has 0 saturated heterocycles. The molecule has 0 aliphatic heterocycles. The van der Waals surface area contributed by atoms with Gasteiger partial charge >= 0.3 is 0 Å². The summed E-state index contributed by atoms with van der Waals surface area (Å²) in [5.74, 6) is 0.508. The van der Waals surface area contributed by atoms with Gasteiger partial charge in [0.05, 0.1) is 6.26 Å². The van der Waals surface area contributed by atoms with Gasteiger partial charge in [0.15, 0.2) is 5.82 Å². The fourth-order valence-corrected chi connectivity index (χ4v) is 2.80. The Bertz CT molecular complexity index is 1120. The number of anilines is 1. The van der Waals surface area contributed by atoms with E-state index in [0.717, 1.165) is 5.56 Å². The van der Waals surface area contributed by atoms with Gasteiger partial charge in [-0.2, -0.15) is 4.68 Å². The highest BCUT2D eigenvalue weighted by Gasteiger charge is 2.20. The molecule has 0 saturated carbocycles. The van der Waals surface area contributed by atoms with Gasteiger partial charge < -0.3 is 9.73 Å². The Morgan fingerprint density at radius 2 is 1.93 bits per heavy atom. The van der Waals surface area contributed by atoms with Crippen molar-refractivity contribution in [2.45, 2.75) is 0 Å². The maximum atomic E-state index is 13.1. The largest absolute Gasteiger partial charge is 0.465 e. The first-order valence-electron chi connectivity index (χ1n) is 8.37. The standard InChI is InChI=1S/C20H14ClN5O2/c21-15-8-4-9-16(12-15)22-20(27)18(13-17-10-5-11-28-17)26-19(23-24-25-26)14-6-2-1-3-7-14/h1-13H,(H,22,27)/b18-13+. The monoisotopic (exact) mass is 391 g/mol. The van der Waals surface area contributed by atoms with E-state index in [9.17, 15) is 4.79 Å². The molecule has 0 spiro atoms. The SMILES string of the molecule is O=C(Nc1cccc(Cl)c1)/C(=C\c1ccco1)n1nnnc1-c1ccccc1. The van der Waals surface area contributed by atoms with Crippen molar-refractivity contribution in [1.29, 1.82) is 0 Å². The van der Waals surface area contributed by atoms with Crippen LogP contribution in [0.4, 0.5) is 5.69 Å². The molecule has 0 aliphatic carbocycles. The Morgan fingerprint density at radius 1 is 1.07 bits per heavy atom. The van der Waals surface area contributed by atoms with Gasteiger partial charge in [-0.3, -0.25) is 4.79 Å². The minimum absolute atomic E-state index is 0.193. The van der Waals surface area contributed by atoms with E-state index in [0.29, 0.717) is 22.3 Å². The van der Waals surface area contributed by atoms with E-state index in [1.54, 1.807) is 42.5 Å². The lowest BCUT2D eigenvalue weighted by atomic mass is 10.2. The fourth-order valence-electron chi connectivity index (χ4n) is 2.61. The Morgan fingerprint density at radius 3 is 2.68 bits per heavy atom. The van der Waals surface area contributed by atoms with Gasteiger partial charge in [0.25, 0.3) is 5.91 Å². The number of amides is 1. The number of hydrogen-bond acceptors (Lipinski definition) is 5. The second-order valence-electron chi connectivity index (χ2n) is 5.79. The highest BCUT2D eigenvalue weighted by Crippen LogP contribution is 2.22. The summed E-state index contributed by atoms with van der Waals surface area (Å²) < 4.78 is 6.74. The maximum absolute atomic E-state index is 13.1. The molecule has 4 aromatic rings.